The standard InChI is InChI=1S/C23H21ClF3NO/c1-15(17-5-3-7-20(24)13-17)28-14-18-6-4-8-21(29-2)22(18)16-9-11-19(12-10-16)23(25,26)27/h3-13,15,28H,14H2,1-2H3/t15-/m1/s1. The fourth-order valence-corrected chi connectivity index (χ4v) is 3.40. The molecule has 0 aliphatic rings. The van der Waals surface area contributed by atoms with Gasteiger partial charge in [0.1, 0.15) is 5.75 Å². The van der Waals surface area contributed by atoms with Gasteiger partial charge in [-0.3, -0.25) is 0 Å². The van der Waals surface area contributed by atoms with E-state index in [1.807, 2.05) is 43.3 Å². The van der Waals surface area contributed by atoms with Gasteiger partial charge in [0.25, 0.3) is 0 Å². The molecule has 1 N–H and O–H groups in total. The Morgan fingerprint density at radius 2 is 1.69 bits per heavy atom. The second kappa shape index (κ2) is 8.89. The molecule has 0 aromatic heterocycles. The van der Waals surface area contributed by atoms with Crippen LogP contribution in [0.4, 0.5) is 13.2 Å². The Labute approximate surface area is 173 Å². The summed E-state index contributed by atoms with van der Waals surface area (Å²) in [4.78, 5) is 0. The van der Waals surface area contributed by atoms with Gasteiger partial charge in [-0.15, -0.1) is 0 Å². The lowest BCUT2D eigenvalue weighted by Crippen LogP contribution is -2.18. The predicted octanol–water partition coefficient (Wildman–Crippen LogP) is 6.89. The van der Waals surface area contributed by atoms with E-state index in [0.717, 1.165) is 28.8 Å². The summed E-state index contributed by atoms with van der Waals surface area (Å²) in [5.41, 5.74) is 2.75. The molecular weight excluding hydrogens is 399 g/mol. The van der Waals surface area contributed by atoms with Crippen molar-refractivity contribution in [3.63, 3.8) is 0 Å². The molecule has 152 valence electrons. The summed E-state index contributed by atoms with van der Waals surface area (Å²) in [5, 5.41) is 4.11. The van der Waals surface area contributed by atoms with Gasteiger partial charge in [-0.2, -0.15) is 13.2 Å². The van der Waals surface area contributed by atoms with E-state index in [-0.39, 0.29) is 6.04 Å². The molecule has 0 aliphatic carbocycles. The molecule has 0 amide bonds. The second-order valence-electron chi connectivity index (χ2n) is 6.73. The zero-order valence-corrected chi connectivity index (χ0v) is 16.8. The van der Waals surface area contributed by atoms with Crippen LogP contribution in [0.25, 0.3) is 11.1 Å². The number of benzene rings is 3. The van der Waals surface area contributed by atoms with Crippen LogP contribution in [0.5, 0.6) is 5.75 Å². The molecule has 3 aromatic rings. The molecule has 3 aromatic carbocycles. The van der Waals surface area contributed by atoms with Crippen molar-refractivity contribution in [1.82, 2.24) is 5.32 Å². The van der Waals surface area contributed by atoms with Crippen LogP contribution in [0.2, 0.25) is 5.02 Å². The van der Waals surface area contributed by atoms with Crippen molar-refractivity contribution in [1.29, 1.82) is 0 Å². The summed E-state index contributed by atoms with van der Waals surface area (Å²) >= 11 is 6.07. The first kappa shape index (κ1) is 21.2. The Morgan fingerprint density at radius 1 is 1.00 bits per heavy atom. The van der Waals surface area contributed by atoms with E-state index in [1.165, 1.54) is 12.1 Å². The Balaban J connectivity index is 1.88. The molecule has 0 heterocycles. The number of methoxy groups -OCH3 is 1. The highest BCUT2D eigenvalue weighted by molar-refractivity contribution is 6.30. The van der Waals surface area contributed by atoms with Gasteiger partial charge in [-0.25, -0.2) is 0 Å². The maximum Gasteiger partial charge on any atom is 0.416 e. The topological polar surface area (TPSA) is 21.3 Å². The third kappa shape index (κ3) is 5.11. The molecule has 0 aliphatic heterocycles. The van der Waals surface area contributed by atoms with Crippen LogP contribution in [0.15, 0.2) is 66.7 Å². The third-order valence-corrected chi connectivity index (χ3v) is 5.02. The summed E-state index contributed by atoms with van der Waals surface area (Å²) in [6, 6.07) is 18.4. The van der Waals surface area contributed by atoms with Crippen molar-refractivity contribution in [3.8, 4) is 16.9 Å². The highest BCUT2D eigenvalue weighted by Crippen LogP contribution is 2.36. The lowest BCUT2D eigenvalue weighted by molar-refractivity contribution is -0.137. The minimum absolute atomic E-state index is 0.0420. The molecule has 3 rings (SSSR count). The van der Waals surface area contributed by atoms with E-state index < -0.39 is 11.7 Å². The summed E-state index contributed by atoms with van der Waals surface area (Å²) in [6.07, 6.45) is -4.37. The van der Waals surface area contributed by atoms with Gasteiger partial charge in [-0.05, 0) is 53.9 Å². The summed E-state index contributed by atoms with van der Waals surface area (Å²) in [6.45, 7) is 2.55. The average Bonchev–Trinajstić information content (AvgIpc) is 2.71. The zero-order chi connectivity index (χ0) is 21.0. The molecule has 0 saturated carbocycles. The number of alkyl halides is 3. The lowest BCUT2D eigenvalue weighted by atomic mass is 9.97. The van der Waals surface area contributed by atoms with Crippen molar-refractivity contribution in [2.24, 2.45) is 0 Å². The number of rotatable bonds is 6. The molecule has 0 spiro atoms. The molecule has 0 bridgehead atoms. The highest BCUT2D eigenvalue weighted by Gasteiger charge is 2.30. The predicted molar refractivity (Wildman–Crippen MR) is 110 cm³/mol. The molecule has 0 radical (unpaired) electrons. The third-order valence-electron chi connectivity index (χ3n) is 4.78. The molecular formula is C23H21ClF3NO. The summed E-state index contributed by atoms with van der Waals surface area (Å²) in [5.74, 6) is 0.611. The van der Waals surface area contributed by atoms with Crippen LogP contribution in [0, 0.1) is 0 Å². The van der Waals surface area contributed by atoms with Gasteiger partial charge in [0.2, 0.25) is 0 Å². The smallest absolute Gasteiger partial charge is 0.416 e. The van der Waals surface area contributed by atoms with Crippen molar-refractivity contribution in [2.45, 2.75) is 25.7 Å². The van der Waals surface area contributed by atoms with E-state index >= 15 is 0 Å². The minimum atomic E-state index is -4.37. The first-order valence-electron chi connectivity index (χ1n) is 9.12. The van der Waals surface area contributed by atoms with Crippen LogP contribution in [-0.4, -0.2) is 7.11 Å². The van der Waals surface area contributed by atoms with E-state index in [0.29, 0.717) is 22.9 Å². The van der Waals surface area contributed by atoms with Crippen molar-refractivity contribution in [2.75, 3.05) is 7.11 Å². The fraction of sp³-hybridized carbons (Fsp3) is 0.217. The van der Waals surface area contributed by atoms with Crippen molar-refractivity contribution >= 4 is 11.6 Å². The van der Waals surface area contributed by atoms with Crippen LogP contribution in [0.1, 0.15) is 29.7 Å². The van der Waals surface area contributed by atoms with Gasteiger partial charge in [0.15, 0.2) is 0 Å². The number of hydrogen-bond donors (Lipinski definition) is 1. The number of nitrogens with one attached hydrogen (secondary N) is 1. The first-order valence-corrected chi connectivity index (χ1v) is 9.49. The van der Waals surface area contributed by atoms with Crippen LogP contribution in [-0.2, 0) is 12.7 Å². The molecule has 1 atom stereocenters. The van der Waals surface area contributed by atoms with E-state index in [4.69, 9.17) is 16.3 Å². The summed E-state index contributed by atoms with van der Waals surface area (Å²) < 4.78 is 44.2. The monoisotopic (exact) mass is 419 g/mol. The Hall–Kier alpha value is -2.50. The van der Waals surface area contributed by atoms with Crippen molar-refractivity contribution < 1.29 is 17.9 Å². The minimum Gasteiger partial charge on any atom is -0.496 e. The van der Waals surface area contributed by atoms with Crippen LogP contribution in [0.3, 0.4) is 0 Å². The van der Waals surface area contributed by atoms with Gasteiger partial charge >= 0.3 is 6.18 Å². The van der Waals surface area contributed by atoms with Gasteiger partial charge in [0.05, 0.1) is 12.7 Å². The Morgan fingerprint density at radius 3 is 2.31 bits per heavy atom. The van der Waals surface area contributed by atoms with Gasteiger partial charge in [0, 0.05) is 23.2 Å². The number of ether oxygens (including phenoxy) is 1. The molecule has 0 saturated heterocycles. The molecule has 0 fully saturated rings. The maximum atomic E-state index is 12.9. The normalized spacial score (nSPS) is 12.6. The van der Waals surface area contributed by atoms with Crippen LogP contribution >= 0.6 is 11.6 Å². The van der Waals surface area contributed by atoms with Gasteiger partial charge in [-0.1, -0.05) is 48.0 Å². The average molecular weight is 420 g/mol. The number of halogens is 4. The largest absolute Gasteiger partial charge is 0.496 e. The summed E-state index contributed by atoms with van der Waals surface area (Å²) in [7, 11) is 1.55. The lowest BCUT2D eigenvalue weighted by Gasteiger charge is -2.19. The maximum absolute atomic E-state index is 12.9. The fourth-order valence-electron chi connectivity index (χ4n) is 3.20. The highest BCUT2D eigenvalue weighted by atomic mass is 35.5. The molecule has 6 heteroatoms. The second-order valence-corrected chi connectivity index (χ2v) is 7.16. The van der Waals surface area contributed by atoms with Gasteiger partial charge < -0.3 is 10.1 Å². The quantitative estimate of drug-likeness (QED) is 0.470. The van der Waals surface area contributed by atoms with E-state index in [1.54, 1.807) is 13.2 Å². The molecule has 29 heavy (non-hydrogen) atoms. The SMILES string of the molecule is COc1cccc(CN[C@H](C)c2cccc(Cl)c2)c1-c1ccc(C(F)(F)F)cc1. The Bertz CT molecular complexity index is 971. The van der Waals surface area contributed by atoms with Crippen LogP contribution < -0.4 is 10.1 Å². The Kier molecular flexibility index (Phi) is 6.50. The van der Waals surface area contributed by atoms with Crippen molar-refractivity contribution in [3.05, 3.63) is 88.4 Å². The van der Waals surface area contributed by atoms with E-state index in [9.17, 15) is 13.2 Å². The molecule has 2 nitrogen and oxygen atoms in total. The first-order chi connectivity index (χ1) is 13.8. The zero-order valence-electron chi connectivity index (χ0n) is 16.1. The number of hydrogen-bond acceptors (Lipinski definition) is 2. The molecule has 0 unspecified atom stereocenters. The van der Waals surface area contributed by atoms with E-state index in [2.05, 4.69) is 5.32 Å².